The van der Waals surface area contributed by atoms with E-state index in [4.69, 9.17) is 4.74 Å². The minimum atomic E-state index is -0.520. The van der Waals surface area contributed by atoms with Gasteiger partial charge in [0.1, 0.15) is 5.75 Å². The van der Waals surface area contributed by atoms with Crippen molar-refractivity contribution in [3.05, 3.63) is 26.1 Å². The van der Waals surface area contributed by atoms with Crippen molar-refractivity contribution in [2.75, 3.05) is 45.9 Å². The largest absolute Gasteiger partial charge is 0.491 e. The van der Waals surface area contributed by atoms with E-state index in [1.807, 2.05) is 0 Å². The fourth-order valence-electron chi connectivity index (χ4n) is 5.13. The second-order valence-corrected chi connectivity index (χ2v) is 10.6. The van der Waals surface area contributed by atoms with Gasteiger partial charge in [-0.15, -0.1) is 0 Å². The molecule has 2 fully saturated rings. The van der Waals surface area contributed by atoms with Gasteiger partial charge in [0.25, 0.3) is 0 Å². The summed E-state index contributed by atoms with van der Waals surface area (Å²) in [5.74, 6) is 0.820. The van der Waals surface area contributed by atoms with Crippen molar-refractivity contribution < 1.29 is 9.84 Å². The zero-order valence-corrected chi connectivity index (χ0v) is 20.0. The molecule has 1 aromatic rings. The summed E-state index contributed by atoms with van der Waals surface area (Å²) >= 11 is 7.36. The number of fused-ring (bicyclic) bond motifs is 1. The molecule has 0 aliphatic carbocycles. The minimum absolute atomic E-state index is 0.282. The zero-order chi connectivity index (χ0) is 19.7. The van der Waals surface area contributed by atoms with Crippen LogP contribution in [0.4, 0.5) is 0 Å². The monoisotopic (exact) mass is 514 g/mol. The average molecular weight is 516 g/mol. The Morgan fingerprint density at radius 2 is 1.54 bits per heavy atom. The van der Waals surface area contributed by atoms with E-state index in [2.05, 4.69) is 54.6 Å². The Morgan fingerprint density at radius 1 is 1.00 bits per heavy atom. The molecule has 0 saturated carbocycles. The molecule has 0 aromatic heterocycles. The summed E-state index contributed by atoms with van der Waals surface area (Å²) in [6, 6.07) is 2.07. The van der Waals surface area contributed by atoms with Gasteiger partial charge in [-0.1, -0.05) is 28.8 Å². The SMILES string of the molecule is Cc1c(Br)cc2c(c1Br)OCC(CN1CCCCC1)(CN1CCCCC1)C2O. The summed E-state index contributed by atoms with van der Waals surface area (Å²) in [5.41, 5.74) is 1.76. The third-order valence-corrected chi connectivity index (χ3v) is 8.56. The van der Waals surface area contributed by atoms with Crippen LogP contribution in [0.2, 0.25) is 0 Å². The van der Waals surface area contributed by atoms with Crippen molar-refractivity contribution in [1.29, 1.82) is 0 Å². The van der Waals surface area contributed by atoms with Crippen LogP contribution in [0, 0.1) is 12.3 Å². The van der Waals surface area contributed by atoms with Gasteiger partial charge in [-0.25, -0.2) is 0 Å². The molecule has 0 amide bonds. The number of ether oxygens (including phenoxy) is 1. The van der Waals surface area contributed by atoms with Crippen LogP contribution in [-0.4, -0.2) is 60.8 Å². The Hall–Kier alpha value is -0.140. The molecule has 1 aromatic carbocycles. The van der Waals surface area contributed by atoms with Crippen LogP contribution in [0.1, 0.15) is 55.8 Å². The summed E-state index contributed by atoms with van der Waals surface area (Å²) in [7, 11) is 0. The maximum Gasteiger partial charge on any atom is 0.139 e. The molecule has 6 heteroatoms. The number of nitrogens with zero attached hydrogens (tertiary/aromatic N) is 2. The normalized spacial score (nSPS) is 25.9. The molecule has 1 atom stereocenters. The first-order valence-corrected chi connectivity index (χ1v) is 12.3. The second kappa shape index (κ2) is 8.93. The van der Waals surface area contributed by atoms with Crippen LogP contribution in [0.3, 0.4) is 0 Å². The number of piperidine rings is 2. The van der Waals surface area contributed by atoms with Gasteiger partial charge < -0.3 is 19.6 Å². The van der Waals surface area contributed by atoms with E-state index in [1.54, 1.807) is 0 Å². The molecule has 3 heterocycles. The molecule has 2 saturated heterocycles. The topological polar surface area (TPSA) is 35.9 Å². The first-order valence-electron chi connectivity index (χ1n) is 10.7. The standard InChI is InChI=1S/C22H32Br2N2O2/c1-16-18(23)12-17-20(19(16)24)28-15-22(21(17)27,13-25-8-4-2-5-9-25)14-26-10-6-3-7-11-26/h12,21,27H,2-11,13-15H2,1H3. The molecule has 0 spiro atoms. The molecular formula is C22H32Br2N2O2. The molecule has 0 bridgehead atoms. The van der Waals surface area contributed by atoms with Gasteiger partial charge in [-0.2, -0.15) is 0 Å². The van der Waals surface area contributed by atoms with Gasteiger partial charge in [0.2, 0.25) is 0 Å². The summed E-state index contributed by atoms with van der Waals surface area (Å²) in [6.45, 7) is 9.03. The lowest BCUT2D eigenvalue weighted by Gasteiger charge is -2.48. The van der Waals surface area contributed by atoms with Crippen LogP contribution in [0.15, 0.2) is 15.0 Å². The van der Waals surface area contributed by atoms with Crippen LogP contribution < -0.4 is 4.74 Å². The van der Waals surface area contributed by atoms with Crippen LogP contribution in [-0.2, 0) is 0 Å². The molecule has 4 rings (SSSR count). The van der Waals surface area contributed by atoms with Gasteiger partial charge in [0.15, 0.2) is 0 Å². The number of likely N-dealkylation sites (tertiary alicyclic amines) is 2. The number of hydrogen-bond donors (Lipinski definition) is 1. The predicted octanol–water partition coefficient (Wildman–Crippen LogP) is 4.90. The van der Waals surface area contributed by atoms with E-state index in [9.17, 15) is 5.11 Å². The van der Waals surface area contributed by atoms with Gasteiger partial charge in [0, 0.05) is 23.1 Å². The van der Waals surface area contributed by atoms with Crippen molar-refractivity contribution in [2.24, 2.45) is 5.41 Å². The molecule has 156 valence electrons. The molecule has 1 unspecified atom stereocenters. The van der Waals surface area contributed by atoms with Crippen molar-refractivity contribution in [2.45, 2.75) is 51.6 Å². The second-order valence-electron chi connectivity index (χ2n) is 8.94. The van der Waals surface area contributed by atoms with E-state index in [-0.39, 0.29) is 5.41 Å². The fourth-order valence-corrected chi connectivity index (χ4v) is 6.39. The number of rotatable bonds is 4. The molecule has 3 aliphatic rings. The maximum absolute atomic E-state index is 11.7. The van der Waals surface area contributed by atoms with Gasteiger partial charge >= 0.3 is 0 Å². The van der Waals surface area contributed by atoms with Crippen molar-refractivity contribution >= 4 is 31.9 Å². The lowest BCUT2D eigenvalue weighted by atomic mass is 9.75. The van der Waals surface area contributed by atoms with Crippen LogP contribution >= 0.6 is 31.9 Å². The number of halogens is 2. The molecular weight excluding hydrogens is 484 g/mol. The highest BCUT2D eigenvalue weighted by atomic mass is 79.9. The molecule has 0 radical (unpaired) electrons. The average Bonchev–Trinajstić information content (AvgIpc) is 2.71. The summed E-state index contributed by atoms with van der Waals surface area (Å²) in [5, 5.41) is 11.7. The highest BCUT2D eigenvalue weighted by Gasteiger charge is 2.47. The van der Waals surface area contributed by atoms with E-state index < -0.39 is 6.10 Å². The molecule has 28 heavy (non-hydrogen) atoms. The van der Waals surface area contributed by atoms with Crippen LogP contribution in [0.25, 0.3) is 0 Å². The van der Waals surface area contributed by atoms with E-state index >= 15 is 0 Å². The summed E-state index contributed by atoms with van der Waals surface area (Å²) in [6.07, 6.45) is 7.21. The van der Waals surface area contributed by atoms with Crippen molar-refractivity contribution in [1.82, 2.24) is 9.80 Å². The highest BCUT2D eigenvalue weighted by Crippen LogP contribution is 2.49. The Labute approximate surface area is 185 Å². The fraction of sp³-hybridized carbons (Fsp3) is 0.727. The lowest BCUT2D eigenvalue weighted by molar-refractivity contribution is -0.0750. The smallest absolute Gasteiger partial charge is 0.139 e. The molecule has 1 N–H and O–H groups in total. The first-order chi connectivity index (χ1) is 13.5. The minimum Gasteiger partial charge on any atom is -0.491 e. The van der Waals surface area contributed by atoms with Crippen molar-refractivity contribution in [3.63, 3.8) is 0 Å². The van der Waals surface area contributed by atoms with E-state index in [0.717, 1.165) is 65.1 Å². The van der Waals surface area contributed by atoms with Gasteiger partial charge in [-0.3, -0.25) is 0 Å². The van der Waals surface area contributed by atoms with Crippen molar-refractivity contribution in [3.8, 4) is 5.75 Å². The predicted molar refractivity (Wildman–Crippen MR) is 120 cm³/mol. The number of aliphatic hydroxyl groups excluding tert-OH is 1. The quantitative estimate of drug-likeness (QED) is 0.618. The molecule has 3 aliphatic heterocycles. The summed E-state index contributed by atoms with van der Waals surface area (Å²) in [4.78, 5) is 5.12. The third kappa shape index (κ3) is 4.18. The van der Waals surface area contributed by atoms with Gasteiger partial charge in [0.05, 0.1) is 22.6 Å². The number of benzene rings is 1. The Bertz CT molecular complexity index is 680. The third-order valence-electron chi connectivity index (χ3n) is 6.78. The van der Waals surface area contributed by atoms with E-state index in [1.165, 1.54) is 38.5 Å². The van der Waals surface area contributed by atoms with E-state index in [0.29, 0.717) is 6.61 Å². The number of hydrogen-bond acceptors (Lipinski definition) is 4. The van der Waals surface area contributed by atoms with Gasteiger partial charge in [-0.05, 0) is 86.3 Å². The van der Waals surface area contributed by atoms with Crippen LogP contribution in [0.5, 0.6) is 5.75 Å². The Kier molecular flexibility index (Phi) is 6.73. The highest BCUT2D eigenvalue weighted by molar-refractivity contribution is 9.11. The summed E-state index contributed by atoms with van der Waals surface area (Å²) < 4.78 is 8.36. The lowest BCUT2D eigenvalue weighted by Crippen LogP contribution is -2.55. The Morgan fingerprint density at radius 3 is 2.07 bits per heavy atom. The Balaban J connectivity index is 1.66. The maximum atomic E-state index is 11.7. The molecule has 4 nitrogen and oxygen atoms in total. The number of aliphatic hydroxyl groups is 1. The first kappa shape index (κ1) is 21.1. The zero-order valence-electron chi connectivity index (χ0n) is 16.9.